The van der Waals surface area contributed by atoms with Crippen LogP contribution in [0.5, 0.6) is 0 Å². The molecule has 0 aromatic heterocycles. The van der Waals surface area contributed by atoms with Gasteiger partial charge in [-0.3, -0.25) is 4.79 Å². The number of ketones is 1. The third-order valence-electron chi connectivity index (χ3n) is 2.91. The first kappa shape index (κ1) is 15.2. The van der Waals surface area contributed by atoms with Gasteiger partial charge in [0.15, 0.2) is 5.78 Å². The van der Waals surface area contributed by atoms with Crippen LogP contribution in [0, 0.1) is 0 Å². The minimum atomic E-state index is -0.498. The molecule has 0 radical (unpaired) electrons. The quantitative estimate of drug-likeness (QED) is 0.577. The van der Waals surface area contributed by atoms with Crippen LogP contribution >= 0.6 is 15.9 Å². The van der Waals surface area contributed by atoms with Crippen LogP contribution in [0.3, 0.4) is 0 Å². The fraction of sp³-hybridized carbons (Fsp3) is 0.533. The Bertz CT molecular complexity index is 392. The molecule has 18 heavy (non-hydrogen) atoms. The molecule has 1 aromatic carbocycles. The van der Waals surface area contributed by atoms with Crippen LogP contribution in [0.2, 0.25) is 0 Å². The minimum absolute atomic E-state index is 0.118. The number of hydrogen-bond acceptors (Lipinski definition) is 2. The predicted octanol–water partition coefficient (Wildman–Crippen LogP) is 4.28. The lowest BCUT2D eigenvalue weighted by atomic mass is 10.0. The molecule has 0 N–H and O–H groups in total. The average Bonchev–Trinajstić information content (AvgIpc) is 2.34. The van der Waals surface area contributed by atoms with Gasteiger partial charge in [-0.1, -0.05) is 22.9 Å². The van der Waals surface area contributed by atoms with Crippen LogP contribution in [-0.4, -0.2) is 23.2 Å². The van der Waals surface area contributed by atoms with Gasteiger partial charge in [0.1, 0.15) is 0 Å². The molecule has 0 aliphatic heterocycles. The molecule has 0 bridgehead atoms. The van der Waals surface area contributed by atoms with Crippen molar-refractivity contribution in [2.45, 2.75) is 38.4 Å². The van der Waals surface area contributed by atoms with E-state index in [0.717, 1.165) is 25.1 Å². The van der Waals surface area contributed by atoms with Gasteiger partial charge in [0.2, 0.25) is 0 Å². The first-order valence-electron chi connectivity index (χ1n) is 6.48. The second-order valence-electron chi connectivity index (χ2n) is 4.93. The largest absolute Gasteiger partial charge is 0.372 e. The first-order chi connectivity index (χ1) is 8.40. The predicted molar refractivity (Wildman–Crippen MR) is 82.0 cm³/mol. The Morgan fingerprint density at radius 3 is 2.17 bits per heavy atom. The molecule has 2 nitrogen and oxygen atoms in total. The standard InChI is InChI=1S/C15H22BrNO/c1-5-11-17(6-2)13-9-7-12(8-10-13)14(18)15(3,4)16/h7-10H,5-6,11H2,1-4H3. The van der Waals surface area contributed by atoms with Crippen molar-refractivity contribution in [3.05, 3.63) is 29.8 Å². The van der Waals surface area contributed by atoms with Crippen molar-refractivity contribution in [3.8, 4) is 0 Å². The molecule has 0 aliphatic carbocycles. The van der Waals surface area contributed by atoms with Gasteiger partial charge in [-0.2, -0.15) is 0 Å². The van der Waals surface area contributed by atoms with E-state index in [1.807, 2.05) is 38.1 Å². The van der Waals surface area contributed by atoms with Crippen molar-refractivity contribution in [3.63, 3.8) is 0 Å². The lowest BCUT2D eigenvalue weighted by Crippen LogP contribution is -2.25. The van der Waals surface area contributed by atoms with Crippen LogP contribution in [0.1, 0.15) is 44.5 Å². The SMILES string of the molecule is CCCN(CC)c1ccc(C(=O)C(C)(C)Br)cc1. The Morgan fingerprint density at radius 1 is 1.22 bits per heavy atom. The van der Waals surface area contributed by atoms with Crippen molar-refractivity contribution < 1.29 is 4.79 Å². The molecular weight excluding hydrogens is 290 g/mol. The van der Waals surface area contributed by atoms with Crippen molar-refractivity contribution in [2.24, 2.45) is 0 Å². The maximum Gasteiger partial charge on any atom is 0.178 e. The Morgan fingerprint density at radius 2 is 1.78 bits per heavy atom. The Labute approximate surface area is 119 Å². The van der Waals surface area contributed by atoms with Crippen LogP contribution in [0.4, 0.5) is 5.69 Å². The lowest BCUT2D eigenvalue weighted by molar-refractivity contribution is 0.0961. The highest BCUT2D eigenvalue weighted by molar-refractivity contribution is 9.10. The van der Waals surface area contributed by atoms with E-state index in [9.17, 15) is 4.79 Å². The van der Waals surface area contributed by atoms with E-state index < -0.39 is 4.32 Å². The van der Waals surface area contributed by atoms with Gasteiger partial charge in [-0.25, -0.2) is 0 Å². The van der Waals surface area contributed by atoms with Crippen LogP contribution in [0.25, 0.3) is 0 Å². The summed E-state index contributed by atoms with van der Waals surface area (Å²) in [5.41, 5.74) is 1.94. The monoisotopic (exact) mass is 311 g/mol. The smallest absolute Gasteiger partial charge is 0.178 e. The molecule has 0 atom stereocenters. The van der Waals surface area contributed by atoms with E-state index in [0.29, 0.717) is 0 Å². The summed E-state index contributed by atoms with van der Waals surface area (Å²) in [5.74, 6) is 0.118. The van der Waals surface area contributed by atoms with E-state index in [1.165, 1.54) is 5.69 Å². The van der Waals surface area contributed by atoms with Crippen LogP contribution in [-0.2, 0) is 0 Å². The maximum atomic E-state index is 12.1. The van der Waals surface area contributed by atoms with Gasteiger partial charge in [-0.15, -0.1) is 0 Å². The van der Waals surface area contributed by atoms with Gasteiger partial charge in [0, 0.05) is 24.3 Å². The Balaban J connectivity index is 2.89. The second-order valence-corrected chi connectivity index (χ2v) is 6.91. The molecule has 0 aliphatic rings. The summed E-state index contributed by atoms with van der Waals surface area (Å²) in [6.45, 7) is 10.1. The van der Waals surface area contributed by atoms with Gasteiger partial charge in [0.25, 0.3) is 0 Å². The van der Waals surface area contributed by atoms with E-state index in [2.05, 4.69) is 34.7 Å². The molecule has 0 saturated carbocycles. The third kappa shape index (κ3) is 3.84. The zero-order valence-corrected chi connectivity index (χ0v) is 13.3. The number of hydrogen-bond donors (Lipinski definition) is 0. The molecule has 3 heteroatoms. The van der Waals surface area contributed by atoms with Crippen molar-refractivity contribution in [2.75, 3.05) is 18.0 Å². The van der Waals surface area contributed by atoms with Crippen LogP contribution in [0.15, 0.2) is 24.3 Å². The molecule has 1 rings (SSSR count). The number of Topliss-reactive ketones (excluding diaryl/α,β-unsaturated/α-hetero) is 1. The zero-order chi connectivity index (χ0) is 13.8. The number of benzene rings is 1. The summed E-state index contributed by atoms with van der Waals surface area (Å²) in [4.78, 5) is 14.4. The van der Waals surface area contributed by atoms with Gasteiger partial charge in [-0.05, 0) is 51.5 Å². The number of rotatable bonds is 6. The summed E-state index contributed by atoms with van der Waals surface area (Å²) in [6, 6.07) is 7.90. The highest BCUT2D eigenvalue weighted by Crippen LogP contribution is 2.24. The summed E-state index contributed by atoms with van der Waals surface area (Å²) in [5, 5.41) is 0. The van der Waals surface area contributed by atoms with E-state index in [-0.39, 0.29) is 5.78 Å². The Kier molecular flexibility index (Phi) is 5.39. The van der Waals surface area contributed by atoms with Gasteiger partial charge < -0.3 is 4.90 Å². The number of alkyl halides is 1. The topological polar surface area (TPSA) is 20.3 Å². The Hall–Kier alpha value is -0.830. The number of nitrogens with zero attached hydrogens (tertiary/aromatic N) is 1. The maximum absolute atomic E-state index is 12.1. The average molecular weight is 312 g/mol. The summed E-state index contributed by atoms with van der Waals surface area (Å²) >= 11 is 3.41. The van der Waals surface area contributed by atoms with Crippen LogP contribution < -0.4 is 4.90 Å². The summed E-state index contributed by atoms with van der Waals surface area (Å²) in [7, 11) is 0. The summed E-state index contributed by atoms with van der Waals surface area (Å²) in [6.07, 6.45) is 1.13. The molecule has 1 aromatic rings. The number of anilines is 1. The molecule has 0 spiro atoms. The second kappa shape index (κ2) is 6.37. The third-order valence-corrected chi connectivity index (χ3v) is 3.27. The van der Waals surface area contributed by atoms with Crippen molar-refractivity contribution in [1.29, 1.82) is 0 Å². The van der Waals surface area contributed by atoms with Crippen molar-refractivity contribution >= 4 is 27.4 Å². The number of carbonyl (C=O) groups excluding carboxylic acids is 1. The fourth-order valence-corrected chi connectivity index (χ4v) is 2.14. The van der Waals surface area contributed by atoms with E-state index >= 15 is 0 Å². The van der Waals surface area contributed by atoms with Gasteiger partial charge in [0.05, 0.1) is 4.32 Å². The molecule has 0 fully saturated rings. The lowest BCUT2D eigenvalue weighted by Gasteiger charge is -2.23. The van der Waals surface area contributed by atoms with Gasteiger partial charge >= 0.3 is 0 Å². The zero-order valence-electron chi connectivity index (χ0n) is 11.7. The summed E-state index contributed by atoms with van der Waals surface area (Å²) < 4.78 is -0.498. The minimum Gasteiger partial charge on any atom is -0.372 e. The molecule has 0 heterocycles. The highest BCUT2D eigenvalue weighted by atomic mass is 79.9. The van der Waals surface area contributed by atoms with Crippen molar-refractivity contribution in [1.82, 2.24) is 0 Å². The fourth-order valence-electron chi connectivity index (χ4n) is 1.91. The molecule has 100 valence electrons. The molecule has 0 amide bonds. The molecular formula is C15H22BrNO. The number of carbonyl (C=O) groups is 1. The van der Waals surface area contributed by atoms with E-state index in [4.69, 9.17) is 0 Å². The van der Waals surface area contributed by atoms with E-state index in [1.54, 1.807) is 0 Å². The highest BCUT2D eigenvalue weighted by Gasteiger charge is 2.24. The first-order valence-corrected chi connectivity index (χ1v) is 7.28. The number of halogens is 1. The molecule has 0 unspecified atom stereocenters. The molecule has 0 saturated heterocycles. The normalized spacial score (nSPS) is 11.4.